The first kappa shape index (κ1) is 29.6. The normalized spacial score (nSPS) is 13.7. The molecule has 5 rings (SSSR count). The Hall–Kier alpha value is -4.86. The van der Waals surface area contributed by atoms with Crippen LogP contribution in [0.25, 0.3) is 5.82 Å². The third-order valence-corrected chi connectivity index (χ3v) is 7.24. The maximum absolute atomic E-state index is 13.1. The van der Waals surface area contributed by atoms with Gasteiger partial charge in [0.25, 0.3) is 5.91 Å². The summed E-state index contributed by atoms with van der Waals surface area (Å²) in [4.78, 5) is 28.6. The second-order valence-corrected chi connectivity index (χ2v) is 11.0. The molecule has 0 spiro atoms. The molecule has 1 aliphatic rings. The van der Waals surface area contributed by atoms with Crippen molar-refractivity contribution in [1.82, 2.24) is 29.6 Å². The molecule has 43 heavy (non-hydrogen) atoms. The van der Waals surface area contributed by atoms with Crippen molar-refractivity contribution in [2.45, 2.75) is 33.1 Å². The van der Waals surface area contributed by atoms with E-state index in [0.717, 1.165) is 68.0 Å². The highest BCUT2D eigenvalue weighted by Gasteiger charge is 2.23. The molecule has 3 N–H and O–H groups in total. The van der Waals surface area contributed by atoms with Crippen LogP contribution in [0.1, 0.15) is 41.2 Å². The molecule has 3 aromatic heterocycles. The smallest absolute Gasteiger partial charge is 0.255 e. The molecule has 4 aromatic rings. The zero-order chi connectivity index (χ0) is 30.4. The standard InChI is InChI=1S/C31H36N10O2/c1-21-5-6-24(37-30(42)23-7-8-33-26(16-23)31(3,4)19-32)17-25(21)38-29-15-22(2)39-41(29)28-18-27(35-20-36-28)34-9-10-40-11-13-43-14-12-40/h5-8,15-18,20,38H,9-14H2,1-4H3,(H,37,42)(H,34,35,36). The fraction of sp³-hybridized carbons (Fsp3) is 0.355. The van der Waals surface area contributed by atoms with Crippen LogP contribution in [0.5, 0.6) is 0 Å². The minimum absolute atomic E-state index is 0.289. The number of anilines is 4. The van der Waals surface area contributed by atoms with E-state index in [4.69, 9.17) is 4.74 Å². The van der Waals surface area contributed by atoms with Crippen LogP contribution in [-0.4, -0.2) is 74.9 Å². The Morgan fingerprint density at radius 2 is 1.88 bits per heavy atom. The van der Waals surface area contributed by atoms with Gasteiger partial charge in [0.15, 0.2) is 5.82 Å². The fourth-order valence-corrected chi connectivity index (χ4v) is 4.64. The largest absolute Gasteiger partial charge is 0.379 e. The third-order valence-electron chi connectivity index (χ3n) is 7.24. The average Bonchev–Trinajstić information content (AvgIpc) is 3.39. The topological polar surface area (TPSA) is 146 Å². The lowest BCUT2D eigenvalue weighted by atomic mass is 9.90. The summed E-state index contributed by atoms with van der Waals surface area (Å²) in [6.07, 6.45) is 3.07. The van der Waals surface area contributed by atoms with Crippen LogP contribution in [0, 0.1) is 25.2 Å². The number of amides is 1. The minimum atomic E-state index is -0.804. The van der Waals surface area contributed by atoms with E-state index in [1.54, 1.807) is 36.9 Å². The van der Waals surface area contributed by atoms with Crippen LogP contribution in [0.2, 0.25) is 0 Å². The van der Waals surface area contributed by atoms with E-state index in [-0.39, 0.29) is 5.91 Å². The van der Waals surface area contributed by atoms with Gasteiger partial charge in [0, 0.05) is 61.4 Å². The number of carbonyl (C=O) groups excluding carboxylic acids is 1. The Kier molecular flexibility index (Phi) is 8.94. The molecule has 0 unspecified atom stereocenters. The second kappa shape index (κ2) is 13.0. The molecule has 0 atom stereocenters. The summed E-state index contributed by atoms with van der Waals surface area (Å²) in [5, 5.41) is 23.9. The minimum Gasteiger partial charge on any atom is -0.379 e. The molecule has 1 amide bonds. The van der Waals surface area contributed by atoms with Gasteiger partial charge in [-0.15, -0.1) is 0 Å². The van der Waals surface area contributed by atoms with E-state index in [1.807, 2.05) is 44.2 Å². The monoisotopic (exact) mass is 580 g/mol. The third kappa shape index (κ3) is 7.32. The Morgan fingerprint density at radius 3 is 2.67 bits per heavy atom. The van der Waals surface area contributed by atoms with Crippen LogP contribution < -0.4 is 16.0 Å². The van der Waals surface area contributed by atoms with Gasteiger partial charge in [0.1, 0.15) is 18.0 Å². The Balaban J connectivity index is 1.30. The first-order valence-electron chi connectivity index (χ1n) is 14.2. The van der Waals surface area contributed by atoms with E-state index < -0.39 is 5.41 Å². The van der Waals surface area contributed by atoms with E-state index in [0.29, 0.717) is 22.8 Å². The van der Waals surface area contributed by atoms with Gasteiger partial charge in [-0.25, -0.2) is 9.97 Å². The maximum atomic E-state index is 13.1. The molecule has 0 bridgehead atoms. The van der Waals surface area contributed by atoms with Gasteiger partial charge in [-0.05, 0) is 57.5 Å². The first-order chi connectivity index (χ1) is 20.7. The van der Waals surface area contributed by atoms with Gasteiger partial charge in [-0.1, -0.05) is 6.07 Å². The predicted octanol–water partition coefficient (Wildman–Crippen LogP) is 4.22. The summed E-state index contributed by atoms with van der Waals surface area (Å²) in [6, 6.07) is 15.0. The van der Waals surface area contributed by atoms with Gasteiger partial charge in [-0.3, -0.25) is 14.7 Å². The molecular formula is C31H36N10O2. The van der Waals surface area contributed by atoms with Crippen molar-refractivity contribution in [2.24, 2.45) is 0 Å². The molecule has 0 saturated carbocycles. The highest BCUT2D eigenvalue weighted by Crippen LogP contribution is 2.27. The van der Waals surface area contributed by atoms with Crippen LogP contribution in [0.15, 0.2) is 55.0 Å². The number of hydrogen-bond donors (Lipinski definition) is 3. The van der Waals surface area contributed by atoms with Gasteiger partial charge >= 0.3 is 0 Å². The van der Waals surface area contributed by atoms with E-state index in [1.165, 1.54) is 6.33 Å². The first-order valence-corrected chi connectivity index (χ1v) is 14.2. The number of carbonyl (C=O) groups is 1. The number of pyridine rings is 1. The predicted molar refractivity (Wildman–Crippen MR) is 165 cm³/mol. The number of aryl methyl sites for hydroxylation is 2. The van der Waals surface area contributed by atoms with Gasteiger partial charge in [0.05, 0.1) is 36.1 Å². The zero-order valence-corrected chi connectivity index (χ0v) is 24.9. The SMILES string of the molecule is Cc1cc(Nc2cc(NC(=O)c3ccnc(C(C)(C)C#N)c3)ccc2C)n(-c2cc(NCCN3CCOCC3)ncn2)n1. The van der Waals surface area contributed by atoms with Gasteiger partial charge in [-0.2, -0.15) is 15.0 Å². The van der Waals surface area contributed by atoms with E-state index in [9.17, 15) is 10.1 Å². The Morgan fingerprint density at radius 1 is 1.07 bits per heavy atom. The van der Waals surface area contributed by atoms with Crippen molar-refractivity contribution in [3.63, 3.8) is 0 Å². The zero-order valence-electron chi connectivity index (χ0n) is 24.9. The average molecular weight is 581 g/mol. The summed E-state index contributed by atoms with van der Waals surface area (Å²) in [5.74, 6) is 1.77. The van der Waals surface area contributed by atoms with Crippen molar-refractivity contribution in [3.05, 3.63) is 77.5 Å². The van der Waals surface area contributed by atoms with Crippen molar-refractivity contribution < 1.29 is 9.53 Å². The van der Waals surface area contributed by atoms with E-state index >= 15 is 0 Å². The highest BCUT2D eigenvalue weighted by atomic mass is 16.5. The number of nitrogens with one attached hydrogen (secondary N) is 3. The van der Waals surface area contributed by atoms with Crippen LogP contribution in [0.4, 0.5) is 23.0 Å². The summed E-state index contributed by atoms with van der Waals surface area (Å²) >= 11 is 0. The molecule has 4 heterocycles. The molecule has 0 aliphatic carbocycles. The molecule has 0 radical (unpaired) electrons. The Labute approximate surface area is 251 Å². The summed E-state index contributed by atoms with van der Waals surface area (Å²) in [6.45, 7) is 12.5. The summed E-state index contributed by atoms with van der Waals surface area (Å²) in [7, 11) is 0. The molecule has 1 aliphatic heterocycles. The quantitative estimate of drug-likeness (QED) is 0.249. The number of benzene rings is 1. The number of morpholine rings is 1. The van der Waals surface area contributed by atoms with Crippen LogP contribution >= 0.6 is 0 Å². The number of ether oxygens (including phenoxy) is 1. The lowest BCUT2D eigenvalue weighted by Gasteiger charge is -2.26. The number of aromatic nitrogens is 5. The number of nitriles is 1. The van der Waals surface area contributed by atoms with Crippen molar-refractivity contribution >= 4 is 28.9 Å². The number of hydrogen-bond acceptors (Lipinski definition) is 10. The molecule has 12 heteroatoms. The van der Waals surface area contributed by atoms with Crippen LogP contribution in [0.3, 0.4) is 0 Å². The molecule has 1 aromatic carbocycles. The molecule has 1 fully saturated rings. The fourth-order valence-electron chi connectivity index (χ4n) is 4.64. The van der Waals surface area contributed by atoms with Gasteiger partial charge in [0.2, 0.25) is 0 Å². The molecule has 222 valence electrons. The van der Waals surface area contributed by atoms with Crippen LogP contribution in [-0.2, 0) is 10.2 Å². The van der Waals surface area contributed by atoms with Crippen molar-refractivity contribution in [2.75, 3.05) is 55.3 Å². The number of rotatable bonds is 10. The lowest BCUT2D eigenvalue weighted by molar-refractivity contribution is 0.0398. The maximum Gasteiger partial charge on any atom is 0.255 e. The Bertz CT molecular complexity index is 1640. The summed E-state index contributed by atoms with van der Waals surface area (Å²) < 4.78 is 7.16. The lowest BCUT2D eigenvalue weighted by Crippen LogP contribution is -2.39. The molecular weight excluding hydrogens is 544 g/mol. The second-order valence-electron chi connectivity index (χ2n) is 11.0. The van der Waals surface area contributed by atoms with E-state index in [2.05, 4.69) is 47.0 Å². The molecule has 12 nitrogen and oxygen atoms in total. The number of nitrogens with zero attached hydrogens (tertiary/aromatic N) is 7. The highest BCUT2D eigenvalue weighted by molar-refractivity contribution is 6.04. The summed E-state index contributed by atoms with van der Waals surface area (Å²) in [5.41, 5.74) is 3.39. The van der Waals surface area contributed by atoms with Crippen molar-refractivity contribution in [1.29, 1.82) is 5.26 Å². The van der Waals surface area contributed by atoms with Gasteiger partial charge < -0.3 is 20.7 Å². The van der Waals surface area contributed by atoms with Crippen molar-refractivity contribution in [3.8, 4) is 11.9 Å². The molecule has 1 saturated heterocycles.